The Labute approximate surface area is 154 Å². The summed E-state index contributed by atoms with van der Waals surface area (Å²) in [7, 11) is -3.60. The average Bonchev–Trinajstić information content (AvgIpc) is 3.01. The number of aryl methyl sites for hydroxylation is 1. The van der Waals surface area contributed by atoms with Crippen LogP contribution in [0.5, 0.6) is 0 Å². The van der Waals surface area contributed by atoms with Gasteiger partial charge in [0.1, 0.15) is 12.3 Å². The summed E-state index contributed by atoms with van der Waals surface area (Å²) >= 11 is 0. The van der Waals surface area contributed by atoms with Gasteiger partial charge < -0.3 is 10.00 Å². The molecule has 1 fully saturated rings. The first-order chi connectivity index (χ1) is 12.2. The Morgan fingerprint density at radius 3 is 2.46 bits per heavy atom. The molecule has 0 saturated carbocycles. The molecule has 7 nitrogen and oxygen atoms in total. The van der Waals surface area contributed by atoms with Crippen LogP contribution in [0.25, 0.3) is 0 Å². The monoisotopic (exact) mass is 383 g/mol. The maximum absolute atomic E-state index is 13.0. The number of hydrogen-bond donors (Lipinski definition) is 2. The van der Waals surface area contributed by atoms with Gasteiger partial charge in [-0.25, -0.2) is 4.79 Å². The molecule has 0 spiro atoms. The quantitative estimate of drug-likeness (QED) is 0.578. The zero-order chi connectivity index (χ0) is 19.4. The Bertz CT molecular complexity index is 696. The highest BCUT2D eigenvalue weighted by Crippen LogP contribution is 2.42. The van der Waals surface area contributed by atoms with E-state index in [2.05, 4.69) is 0 Å². The van der Waals surface area contributed by atoms with E-state index in [1.54, 1.807) is 13.8 Å². The van der Waals surface area contributed by atoms with Gasteiger partial charge in [-0.1, -0.05) is 30.3 Å². The maximum atomic E-state index is 13.0. The molecular weight excluding hydrogens is 355 g/mol. The van der Waals surface area contributed by atoms with Gasteiger partial charge in [-0.3, -0.25) is 9.46 Å². The van der Waals surface area contributed by atoms with E-state index < -0.39 is 24.0 Å². The predicted molar refractivity (Wildman–Crippen MR) is 99.3 cm³/mol. The Morgan fingerprint density at radius 2 is 1.96 bits per heavy atom. The molecular formula is C18H28N2O5P+. The van der Waals surface area contributed by atoms with Gasteiger partial charge in [-0.2, -0.15) is 4.79 Å². The van der Waals surface area contributed by atoms with Crippen LogP contribution in [0.1, 0.15) is 32.3 Å². The van der Waals surface area contributed by atoms with Crippen molar-refractivity contribution < 1.29 is 28.6 Å². The van der Waals surface area contributed by atoms with E-state index in [0.29, 0.717) is 19.3 Å². The summed E-state index contributed by atoms with van der Waals surface area (Å²) in [5, 5.41) is 9.69. The lowest BCUT2D eigenvalue weighted by Gasteiger charge is -2.34. The van der Waals surface area contributed by atoms with Crippen molar-refractivity contribution in [2.75, 3.05) is 25.5 Å². The first-order valence-corrected chi connectivity index (χ1v) is 11.0. The van der Waals surface area contributed by atoms with Gasteiger partial charge in [0.2, 0.25) is 7.37 Å². The predicted octanol–water partition coefficient (Wildman–Crippen LogP) is 3.58. The molecule has 0 bridgehead atoms. The van der Waals surface area contributed by atoms with Crippen molar-refractivity contribution in [3.8, 4) is 0 Å². The normalized spacial score (nSPS) is 24.8. The van der Waals surface area contributed by atoms with Gasteiger partial charge in [-0.15, -0.1) is 4.48 Å². The van der Waals surface area contributed by atoms with Crippen LogP contribution in [-0.4, -0.2) is 63.1 Å². The Balaban J connectivity index is 2.10. The average molecular weight is 383 g/mol. The molecule has 1 aromatic carbocycles. The summed E-state index contributed by atoms with van der Waals surface area (Å²) in [6.07, 6.45) is 0.312. The number of carbonyl (C=O) groups is 2. The summed E-state index contributed by atoms with van der Waals surface area (Å²) < 4.78 is 12.0. The fourth-order valence-electron chi connectivity index (χ4n) is 3.56. The largest absolute Gasteiger partial charge is 0.523 e. The van der Waals surface area contributed by atoms with E-state index in [-0.39, 0.29) is 31.6 Å². The van der Waals surface area contributed by atoms with Gasteiger partial charge in [0.25, 0.3) is 0 Å². The number of imide groups is 1. The highest BCUT2D eigenvalue weighted by molar-refractivity contribution is 7.57. The van der Waals surface area contributed by atoms with Crippen molar-refractivity contribution in [3.05, 3.63) is 35.9 Å². The molecule has 0 radical (unpaired) electrons. The van der Waals surface area contributed by atoms with Crippen molar-refractivity contribution >= 4 is 19.5 Å². The smallest absolute Gasteiger partial charge is 0.435 e. The second kappa shape index (κ2) is 8.33. The van der Waals surface area contributed by atoms with E-state index in [0.717, 1.165) is 5.56 Å². The van der Waals surface area contributed by atoms with Gasteiger partial charge in [0, 0.05) is 25.5 Å². The third kappa shape index (κ3) is 4.34. The van der Waals surface area contributed by atoms with Gasteiger partial charge >= 0.3 is 12.1 Å². The molecule has 2 rings (SSSR count). The lowest BCUT2D eigenvalue weighted by atomic mass is 10.2. The van der Waals surface area contributed by atoms with Crippen LogP contribution in [0.4, 0.5) is 9.59 Å². The molecule has 2 unspecified atom stereocenters. The third-order valence-corrected chi connectivity index (χ3v) is 6.91. The molecule has 8 heteroatoms. The molecule has 1 aromatic rings. The molecule has 1 aliphatic rings. The number of nitrogens with zero attached hydrogens (tertiary/aromatic N) is 2. The summed E-state index contributed by atoms with van der Waals surface area (Å²) in [5.41, 5.74) is 0.957. The van der Waals surface area contributed by atoms with Crippen LogP contribution in [0.2, 0.25) is 0 Å². The van der Waals surface area contributed by atoms with E-state index in [4.69, 9.17) is 0 Å². The van der Waals surface area contributed by atoms with E-state index >= 15 is 0 Å². The Kier molecular flexibility index (Phi) is 6.61. The van der Waals surface area contributed by atoms with Crippen molar-refractivity contribution in [1.29, 1.82) is 0 Å². The second-order valence-corrected chi connectivity index (χ2v) is 9.37. The number of hydrogen-bond acceptors (Lipinski definition) is 3. The van der Waals surface area contributed by atoms with Crippen molar-refractivity contribution in [2.24, 2.45) is 0 Å². The summed E-state index contributed by atoms with van der Waals surface area (Å²) in [6, 6.07) is 8.48. The molecule has 0 aliphatic carbocycles. The highest BCUT2D eigenvalue weighted by atomic mass is 31.2. The second-order valence-electron chi connectivity index (χ2n) is 6.95. The molecule has 3 amide bonds. The van der Waals surface area contributed by atoms with Gasteiger partial charge in [0.05, 0.1) is 6.54 Å². The number of rotatable bonds is 6. The van der Waals surface area contributed by atoms with Crippen molar-refractivity contribution in [3.63, 3.8) is 0 Å². The van der Waals surface area contributed by atoms with Crippen molar-refractivity contribution in [2.45, 2.75) is 39.2 Å². The molecule has 2 N–H and O–H groups in total. The molecule has 0 aromatic heterocycles. The number of quaternary nitrogens is 1. The van der Waals surface area contributed by atoms with Crippen LogP contribution < -0.4 is 0 Å². The summed E-state index contributed by atoms with van der Waals surface area (Å²) in [4.78, 5) is 36.5. The fraction of sp³-hybridized carbons (Fsp3) is 0.556. The third-order valence-electron chi connectivity index (χ3n) is 5.20. The number of carbonyl (C=O) groups excluding carboxylic acids is 1. The minimum atomic E-state index is -3.60. The highest BCUT2D eigenvalue weighted by Gasteiger charge is 2.55. The van der Waals surface area contributed by atoms with Crippen LogP contribution >= 0.6 is 7.37 Å². The molecule has 1 heterocycles. The van der Waals surface area contributed by atoms with Crippen LogP contribution in [0.3, 0.4) is 0 Å². The molecule has 144 valence electrons. The molecule has 3 atom stereocenters. The zero-order valence-electron chi connectivity index (χ0n) is 15.4. The van der Waals surface area contributed by atoms with Crippen molar-refractivity contribution in [1.82, 2.24) is 4.90 Å². The zero-order valence-corrected chi connectivity index (χ0v) is 16.3. The van der Waals surface area contributed by atoms with Gasteiger partial charge in [0.15, 0.2) is 0 Å². The maximum Gasteiger partial charge on any atom is 0.523 e. The standard InChI is InChI=1S/C18H27N2O5P/c1-3-19(17(21)20(18(22)23)12-7-8-15(20)2)14-26(24,25)13-11-16-9-5-4-6-10-16/h4-6,9-10,15H,3,7-8,11-14H2,1-2H3,(H-,22,23,24,25)/p+1/t15-,20?/m1/s1. The summed E-state index contributed by atoms with van der Waals surface area (Å²) in [5.74, 6) is 0. The SMILES string of the molecule is CCN(CP(=O)(O)CCc1ccccc1)C(=O)[N+]1(C(=O)O)CCC[C@H]1C. The first kappa shape index (κ1) is 20.6. The lowest BCUT2D eigenvalue weighted by molar-refractivity contribution is -0.791. The lowest BCUT2D eigenvalue weighted by Crippen LogP contribution is -2.63. The molecule has 26 heavy (non-hydrogen) atoms. The van der Waals surface area contributed by atoms with E-state index in [9.17, 15) is 24.2 Å². The van der Waals surface area contributed by atoms with E-state index in [1.165, 1.54) is 4.90 Å². The Morgan fingerprint density at radius 1 is 1.31 bits per heavy atom. The first-order valence-electron chi connectivity index (χ1n) is 8.98. The number of urea groups is 1. The number of amides is 3. The minimum absolute atomic E-state index is 0.0589. The van der Waals surface area contributed by atoms with Gasteiger partial charge in [-0.05, 0) is 25.8 Å². The van der Waals surface area contributed by atoms with Crippen LogP contribution in [0.15, 0.2) is 30.3 Å². The van der Waals surface area contributed by atoms with Crippen LogP contribution in [-0.2, 0) is 11.0 Å². The Hall–Kier alpha value is -1.69. The summed E-state index contributed by atoms with van der Waals surface area (Å²) in [6.45, 7) is 3.88. The number of benzene rings is 1. The number of carboxylic acid groups (broad SMARTS) is 1. The van der Waals surface area contributed by atoms with E-state index in [1.807, 2.05) is 30.3 Å². The molecule has 1 aliphatic heterocycles. The van der Waals surface area contributed by atoms with Crippen LogP contribution in [0, 0.1) is 0 Å². The number of likely N-dealkylation sites (tertiary alicyclic amines) is 1. The molecule has 1 saturated heterocycles. The minimum Gasteiger partial charge on any atom is -0.435 e. The fourth-order valence-corrected chi connectivity index (χ4v) is 5.16. The topological polar surface area (TPSA) is 94.9 Å².